The largest absolute Gasteiger partial charge is 0.151 e. The summed E-state index contributed by atoms with van der Waals surface area (Å²) in [5, 5.41) is 2.83. The average Bonchev–Trinajstić information content (AvgIpc) is 2.19. The number of nitrogens with zero attached hydrogens (tertiary/aromatic N) is 1. The zero-order valence-electron chi connectivity index (χ0n) is 7.78. The van der Waals surface area contributed by atoms with E-state index in [1.165, 1.54) is 5.56 Å². The predicted octanol–water partition coefficient (Wildman–Crippen LogP) is 3.17. The lowest BCUT2D eigenvalue weighted by Crippen LogP contribution is -1.86. The van der Waals surface area contributed by atoms with E-state index >= 15 is 0 Å². The predicted molar refractivity (Wildman–Crippen MR) is 54.7 cm³/mol. The zero-order valence-corrected chi connectivity index (χ0v) is 7.78. The van der Waals surface area contributed by atoms with Crippen LogP contribution in [0, 0.1) is 4.91 Å². The fraction of sp³-hybridized carbons (Fsp3) is 0.455. The summed E-state index contributed by atoms with van der Waals surface area (Å²) in [5.41, 5.74) is 1.38. The van der Waals surface area contributed by atoms with Crippen molar-refractivity contribution in [2.75, 3.05) is 6.54 Å². The van der Waals surface area contributed by atoms with E-state index in [0.717, 1.165) is 25.7 Å². The lowest BCUT2D eigenvalue weighted by molar-refractivity contribution is 0.686. The molecule has 0 saturated carbocycles. The molecular formula is C11H15NO. The Morgan fingerprint density at radius 1 is 1.00 bits per heavy atom. The molecule has 0 fully saturated rings. The van der Waals surface area contributed by atoms with Gasteiger partial charge in [-0.3, -0.25) is 0 Å². The van der Waals surface area contributed by atoms with Gasteiger partial charge in [-0.15, -0.1) is 0 Å². The van der Waals surface area contributed by atoms with Crippen molar-refractivity contribution in [2.45, 2.75) is 25.7 Å². The van der Waals surface area contributed by atoms with Crippen molar-refractivity contribution >= 4 is 0 Å². The highest BCUT2D eigenvalue weighted by molar-refractivity contribution is 5.14. The molecule has 0 amide bonds. The summed E-state index contributed by atoms with van der Waals surface area (Å²) < 4.78 is 0. The summed E-state index contributed by atoms with van der Waals surface area (Å²) in [6.07, 6.45) is 4.29. The second-order valence-electron chi connectivity index (χ2n) is 3.15. The normalized spacial score (nSPS) is 9.85. The minimum Gasteiger partial charge on any atom is -0.151 e. The number of nitroso groups, excluding NO2 is 1. The molecule has 0 aliphatic heterocycles. The number of rotatable bonds is 6. The van der Waals surface area contributed by atoms with Crippen LogP contribution in [-0.2, 0) is 6.42 Å². The molecule has 0 unspecified atom stereocenters. The summed E-state index contributed by atoms with van der Waals surface area (Å²) in [7, 11) is 0. The molecule has 0 radical (unpaired) electrons. The first-order chi connectivity index (χ1) is 6.43. The highest BCUT2D eigenvalue weighted by atomic mass is 16.3. The molecule has 0 aliphatic carbocycles. The van der Waals surface area contributed by atoms with E-state index in [9.17, 15) is 4.91 Å². The van der Waals surface area contributed by atoms with Crippen LogP contribution < -0.4 is 0 Å². The van der Waals surface area contributed by atoms with Crippen LogP contribution in [0.2, 0.25) is 0 Å². The topological polar surface area (TPSA) is 29.4 Å². The molecule has 0 bridgehead atoms. The highest BCUT2D eigenvalue weighted by Gasteiger charge is 1.92. The van der Waals surface area contributed by atoms with Crippen LogP contribution in [0.15, 0.2) is 35.5 Å². The molecule has 0 saturated heterocycles. The van der Waals surface area contributed by atoms with Gasteiger partial charge in [0, 0.05) is 0 Å². The lowest BCUT2D eigenvalue weighted by Gasteiger charge is -1.99. The second-order valence-corrected chi connectivity index (χ2v) is 3.15. The van der Waals surface area contributed by atoms with E-state index < -0.39 is 0 Å². The summed E-state index contributed by atoms with van der Waals surface area (Å²) >= 11 is 0. The Labute approximate surface area is 79.0 Å². The van der Waals surface area contributed by atoms with E-state index in [0.29, 0.717) is 6.54 Å². The number of hydrogen-bond donors (Lipinski definition) is 0. The molecule has 1 aromatic carbocycles. The monoisotopic (exact) mass is 177 g/mol. The van der Waals surface area contributed by atoms with Gasteiger partial charge in [0.2, 0.25) is 0 Å². The van der Waals surface area contributed by atoms with Crippen LogP contribution in [-0.4, -0.2) is 6.54 Å². The van der Waals surface area contributed by atoms with Crippen molar-refractivity contribution in [3.8, 4) is 0 Å². The smallest absolute Gasteiger partial charge is 0.0811 e. The standard InChI is InChI=1S/C11H15NO/c13-12-10-6-2-5-9-11-7-3-1-4-8-11/h1,3-4,7-8H,2,5-6,9-10H2. The molecule has 0 atom stereocenters. The molecule has 70 valence electrons. The van der Waals surface area contributed by atoms with E-state index in [4.69, 9.17) is 0 Å². The maximum Gasteiger partial charge on any atom is 0.0811 e. The second kappa shape index (κ2) is 6.35. The first kappa shape index (κ1) is 9.90. The Balaban J connectivity index is 2.10. The van der Waals surface area contributed by atoms with Gasteiger partial charge in [0.05, 0.1) is 6.54 Å². The molecule has 0 heterocycles. The van der Waals surface area contributed by atoms with Gasteiger partial charge in [0.15, 0.2) is 0 Å². The van der Waals surface area contributed by atoms with Gasteiger partial charge in [-0.05, 0) is 24.8 Å². The van der Waals surface area contributed by atoms with Gasteiger partial charge in [-0.2, -0.15) is 4.91 Å². The average molecular weight is 177 g/mol. The first-order valence-corrected chi connectivity index (χ1v) is 4.76. The molecule has 13 heavy (non-hydrogen) atoms. The van der Waals surface area contributed by atoms with E-state index in [1.54, 1.807) is 0 Å². The third-order valence-electron chi connectivity index (χ3n) is 2.06. The molecule has 0 spiro atoms. The Morgan fingerprint density at radius 2 is 1.77 bits per heavy atom. The number of hydrogen-bond acceptors (Lipinski definition) is 2. The molecule has 2 heteroatoms. The SMILES string of the molecule is O=NCCCCCc1ccccc1. The Kier molecular flexibility index (Phi) is 4.84. The maximum absolute atomic E-state index is 9.79. The molecular weight excluding hydrogens is 162 g/mol. The van der Waals surface area contributed by atoms with Crippen LogP contribution in [0.3, 0.4) is 0 Å². The summed E-state index contributed by atoms with van der Waals surface area (Å²) in [6.45, 7) is 0.467. The van der Waals surface area contributed by atoms with E-state index in [-0.39, 0.29) is 0 Å². The maximum atomic E-state index is 9.79. The van der Waals surface area contributed by atoms with Crippen LogP contribution in [0.1, 0.15) is 24.8 Å². The molecule has 1 rings (SSSR count). The fourth-order valence-electron chi connectivity index (χ4n) is 1.33. The van der Waals surface area contributed by atoms with Gasteiger partial charge in [-0.25, -0.2) is 0 Å². The molecule has 0 aromatic heterocycles. The van der Waals surface area contributed by atoms with Crippen LogP contribution in [0.25, 0.3) is 0 Å². The third-order valence-corrected chi connectivity index (χ3v) is 2.06. The Hall–Kier alpha value is -1.18. The van der Waals surface area contributed by atoms with Crippen LogP contribution in [0.4, 0.5) is 0 Å². The molecule has 0 aliphatic rings. The number of unbranched alkanes of at least 4 members (excludes halogenated alkanes) is 2. The van der Waals surface area contributed by atoms with Crippen LogP contribution in [0.5, 0.6) is 0 Å². The quantitative estimate of drug-likeness (QED) is 0.484. The lowest BCUT2D eigenvalue weighted by atomic mass is 10.1. The highest BCUT2D eigenvalue weighted by Crippen LogP contribution is 2.05. The van der Waals surface area contributed by atoms with Crippen LogP contribution >= 0.6 is 0 Å². The minimum atomic E-state index is 0.467. The fourth-order valence-corrected chi connectivity index (χ4v) is 1.33. The Morgan fingerprint density at radius 3 is 2.46 bits per heavy atom. The third kappa shape index (κ3) is 4.41. The van der Waals surface area contributed by atoms with Crippen molar-refractivity contribution in [1.82, 2.24) is 0 Å². The van der Waals surface area contributed by atoms with E-state index in [1.807, 2.05) is 6.07 Å². The van der Waals surface area contributed by atoms with Crippen molar-refractivity contribution in [1.29, 1.82) is 0 Å². The van der Waals surface area contributed by atoms with Gasteiger partial charge in [-0.1, -0.05) is 41.9 Å². The van der Waals surface area contributed by atoms with Crippen molar-refractivity contribution < 1.29 is 0 Å². The van der Waals surface area contributed by atoms with Crippen molar-refractivity contribution in [3.63, 3.8) is 0 Å². The van der Waals surface area contributed by atoms with Gasteiger partial charge >= 0.3 is 0 Å². The number of benzene rings is 1. The molecule has 2 nitrogen and oxygen atoms in total. The summed E-state index contributed by atoms with van der Waals surface area (Å²) in [6, 6.07) is 10.4. The summed E-state index contributed by atoms with van der Waals surface area (Å²) in [4.78, 5) is 9.79. The Bertz CT molecular complexity index is 233. The van der Waals surface area contributed by atoms with E-state index in [2.05, 4.69) is 29.4 Å². The molecule has 0 N–H and O–H groups in total. The molecule has 1 aromatic rings. The number of aryl methyl sites for hydroxylation is 1. The van der Waals surface area contributed by atoms with Crippen molar-refractivity contribution in [3.05, 3.63) is 40.8 Å². The van der Waals surface area contributed by atoms with Crippen molar-refractivity contribution in [2.24, 2.45) is 5.18 Å². The minimum absolute atomic E-state index is 0.467. The van der Waals surface area contributed by atoms with Gasteiger partial charge in [0.1, 0.15) is 0 Å². The van der Waals surface area contributed by atoms with Gasteiger partial charge < -0.3 is 0 Å². The zero-order chi connectivity index (χ0) is 9.36. The first-order valence-electron chi connectivity index (χ1n) is 4.76. The summed E-state index contributed by atoms with van der Waals surface area (Å²) in [5.74, 6) is 0. The van der Waals surface area contributed by atoms with Gasteiger partial charge in [0.25, 0.3) is 0 Å².